The molecular formula is C20H19BrFNO3. The largest absolute Gasteiger partial charge is 0.479 e. The van der Waals surface area contributed by atoms with Crippen LogP contribution in [0.15, 0.2) is 48.5 Å². The van der Waals surface area contributed by atoms with Crippen LogP contribution >= 0.6 is 15.9 Å². The maximum Gasteiger partial charge on any atom is 0.341 e. The molecule has 0 aromatic heterocycles. The van der Waals surface area contributed by atoms with Gasteiger partial charge in [0.05, 0.1) is 5.92 Å². The van der Waals surface area contributed by atoms with Crippen molar-refractivity contribution in [3.05, 3.63) is 71.0 Å². The molecule has 0 saturated heterocycles. The number of carboxylic acid groups (broad SMARTS) is 1. The molecule has 0 radical (unpaired) electrons. The summed E-state index contributed by atoms with van der Waals surface area (Å²) in [5.74, 6) is -2.48. The molecule has 3 rings (SSSR count). The van der Waals surface area contributed by atoms with Gasteiger partial charge in [-0.2, -0.15) is 0 Å². The summed E-state index contributed by atoms with van der Waals surface area (Å²) in [6.45, 7) is 4.13. The van der Waals surface area contributed by atoms with Crippen molar-refractivity contribution in [1.82, 2.24) is 4.90 Å². The highest BCUT2D eigenvalue weighted by molar-refractivity contribution is 9.10. The van der Waals surface area contributed by atoms with E-state index in [1.54, 1.807) is 36.4 Å². The Labute approximate surface area is 159 Å². The first kappa shape index (κ1) is 18.6. The van der Waals surface area contributed by atoms with Crippen LogP contribution in [0, 0.1) is 11.7 Å². The summed E-state index contributed by atoms with van der Waals surface area (Å²) in [7, 11) is 0. The van der Waals surface area contributed by atoms with Crippen molar-refractivity contribution in [2.75, 3.05) is 6.54 Å². The highest BCUT2D eigenvalue weighted by Gasteiger charge is 2.56. The van der Waals surface area contributed by atoms with Gasteiger partial charge in [-0.1, -0.05) is 44.2 Å². The molecule has 0 spiro atoms. The van der Waals surface area contributed by atoms with E-state index < -0.39 is 22.2 Å². The van der Waals surface area contributed by atoms with Crippen molar-refractivity contribution < 1.29 is 19.1 Å². The second-order valence-electron chi connectivity index (χ2n) is 6.86. The van der Waals surface area contributed by atoms with E-state index in [9.17, 15) is 19.1 Å². The monoisotopic (exact) mass is 419 g/mol. The van der Waals surface area contributed by atoms with Gasteiger partial charge in [0, 0.05) is 12.1 Å². The number of carboxylic acids is 1. The molecule has 4 nitrogen and oxygen atoms in total. The molecule has 136 valence electrons. The Morgan fingerprint density at radius 2 is 1.85 bits per heavy atom. The SMILES string of the molecule is CC(C)CN1C(=O)c2ccccc2C(c2ccc(F)cc2)C1(Br)C(=O)O. The number of rotatable bonds is 4. The lowest BCUT2D eigenvalue weighted by molar-refractivity contribution is -0.145. The van der Waals surface area contributed by atoms with Gasteiger partial charge in [0.25, 0.3) is 5.91 Å². The van der Waals surface area contributed by atoms with Gasteiger partial charge in [-0.3, -0.25) is 4.79 Å². The van der Waals surface area contributed by atoms with Crippen LogP contribution in [-0.4, -0.2) is 32.9 Å². The van der Waals surface area contributed by atoms with Gasteiger partial charge in [0.1, 0.15) is 5.82 Å². The smallest absolute Gasteiger partial charge is 0.341 e. The van der Waals surface area contributed by atoms with Crippen LogP contribution in [0.4, 0.5) is 4.39 Å². The molecule has 26 heavy (non-hydrogen) atoms. The highest BCUT2D eigenvalue weighted by atomic mass is 79.9. The molecule has 1 heterocycles. The topological polar surface area (TPSA) is 57.6 Å². The van der Waals surface area contributed by atoms with Crippen molar-refractivity contribution in [2.24, 2.45) is 5.92 Å². The minimum atomic E-state index is -1.65. The molecule has 2 unspecified atom stereocenters. The summed E-state index contributed by atoms with van der Waals surface area (Å²) in [5, 5.41) is 10.1. The summed E-state index contributed by atoms with van der Waals surface area (Å²) < 4.78 is 11.8. The molecule has 6 heteroatoms. The Balaban J connectivity index is 2.29. The van der Waals surface area contributed by atoms with Gasteiger partial charge in [-0.15, -0.1) is 0 Å². The molecule has 0 bridgehead atoms. The van der Waals surface area contributed by atoms with Gasteiger partial charge in [-0.05, 0) is 51.2 Å². The number of carbonyl (C=O) groups is 2. The molecule has 1 aliphatic heterocycles. The normalized spacial score (nSPS) is 22.4. The Kier molecular flexibility index (Phi) is 4.88. The molecule has 0 saturated carbocycles. The average molecular weight is 420 g/mol. The van der Waals surface area contributed by atoms with E-state index in [2.05, 4.69) is 15.9 Å². The standard InChI is InChI=1S/C20H19BrFNO3/c1-12(2)11-23-18(24)16-6-4-3-5-15(16)17(20(23,21)19(25)26)13-7-9-14(22)10-8-13/h3-10,12,17H,11H2,1-2H3,(H,25,26). The van der Waals surface area contributed by atoms with Crippen LogP contribution in [0.25, 0.3) is 0 Å². The van der Waals surface area contributed by atoms with Crippen LogP contribution in [0.2, 0.25) is 0 Å². The van der Waals surface area contributed by atoms with Crippen LogP contribution in [0.5, 0.6) is 0 Å². The maximum atomic E-state index is 13.4. The summed E-state index contributed by atoms with van der Waals surface area (Å²) in [5.41, 5.74) is 1.71. The second kappa shape index (κ2) is 6.83. The fraction of sp³-hybridized carbons (Fsp3) is 0.300. The third-order valence-electron chi connectivity index (χ3n) is 4.57. The van der Waals surface area contributed by atoms with Crippen molar-refractivity contribution in [3.8, 4) is 0 Å². The Morgan fingerprint density at radius 3 is 2.42 bits per heavy atom. The first-order chi connectivity index (χ1) is 12.3. The van der Waals surface area contributed by atoms with E-state index in [-0.39, 0.29) is 18.4 Å². The Morgan fingerprint density at radius 1 is 1.23 bits per heavy atom. The van der Waals surface area contributed by atoms with Crippen molar-refractivity contribution in [2.45, 2.75) is 24.2 Å². The molecule has 1 amide bonds. The molecule has 2 aromatic rings. The van der Waals surface area contributed by atoms with Gasteiger partial charge in [0.15, 0.2) is 0 Å². The van der Waals surface area contributed by atoms with Crippen molar-refractivity contribution in [1.29, 1.82) is 0 Å². The Hall–Kier alpha value is -2.21. The minimum Gasteiger partial charge on any atom is -0.479 e. The predicted octanol–water partition coefficient (Wildman–Crippen LogP) is 4.25. The zero-order chi connectivity index (χ0) is 19.1. The van der Waals surface area contributed by atoms with E-state index in [1.807, 2.05) is 13.8 Å². The lowest BCUT2D eigenvalue weighted by Gasteiger charge is -2.46. The van der Waals surface area contributed by atoms with E-state index >= 15 is 0 Å². The first-order valence-corrected chi connectivity index (χ1v) is 9.14. The lowest BCUT2D eigenvalue weighted by atomic mass is 9.78. The third-order valence-corrected chi connectivity index (χ3v) is 5.80. The molecular weight excluding hydrogens is 401 g/mol. The molecule has 0 aliphatic carbocycles. The van der Waals surface area contributed by atoms with Crippen LogP contribution < -0.4 is 0 Å². The number of amides is 1. The maximum absolute atomic E-state index is 13.4. The number of fused-ring (bicyclic) bond motifs is 1. The number of carbonyl (C=O) groups excluding carboxylic acids is 1. The number of alkyl halides is 1. The number of benzene rings is 2. The number of halogens is 2. The predicted molar refractivity (Wildman–Crippen MR) is 99.9 cm³/mol. The van der Waals surface area contributed by atoms with E-state index in [0.717, 1.165) is 0 Å². The number of nitrogens with zero attached hydrogens (tertiary/aromatic N) is 1. The summed E-state index contributed by atoms with van der Waals surface area (Å²) in [6, 6.07) is 12.7. The van der Waals surface area contributed by atoms with Crippen LogP contribution in [0.3, 0.4) is 0 Å². The van der Waals surface area contributed by atoms with E-state index in [0.29, 0.717) is 16.7 Å². The summed E-state index contributed by atoms with van der Waals surface area (Å²) in [4.78, 5) is 26.8. The van der Waals surface area contributed by atoms with Crippen LogP contribution in [-0.2, 0) is 4.79 Å². The van der Waals surface area contributed by atoms with Gasteiger partial charge >= 0.3 is 5.97 Å². The fourth-order valence-electron chi connectivity index (χ4n) is 3.47. The lowest BCUT2D eigenvalue weighted by Crippen LogP contribution is -2.60. The average Bonchev–Trinajstić information content (AvgIpc) is 2.60. The van der Waals surface area contributed by atoms with Crippen molar-refractivity contribution >= 4 is 27.8 Å². The van der Waals surface area contributed by atoms with E-state index in [4.69, 9.17) is 0 Å². The minimum absolute atomic E-state index is 0.0781. The molecule has 2 aromatic carbocycles. The Bertz CT molecular complexity index is 852. The van der Waals surface area contributed by atoms with Gasteiger partial charge in [-0.25, -0.2) is 9.18 Å². The first-order valence-electron chi connectivity index (χ1n) is 8.35. The zero-order valence-electron chi connectivity index (χ0n) is 14.4. The highest BCUT2D eigenvalue weighted by Crippen LogP contribution is 2.49. The quantitative estimate of drug-likeness (QED) is 0.595. The van der Waals surface area contributed by atoms with Crippen LogP contribution in [0.1, 0.15) is 41.3 Å². The molecule has 1 aliphatic rings. The fourth-order valence-corrected chi connectivity index (χ4v) is 4.29. The third kappa shape index (κ3) is 2.92. The molecule has 0 fully saturated rings. The summed E-state index contributed by atoms with van der Waals surface area (Å²) >= 11 is 3.40. The van der Waals surface area contributed by atoms with E-state index in [1.165, 1.54) is 17.0 Å². The van der Waals surface area contributed by atoms with Crippen molar-refractivity contribution in [3.63, 3.8) is 0 Å². The number of aliphatic carboxylic acids is 1. The summed E-state index contributed by atoms with van der Waals surface area (Å²) in [6.07, 6.45) is 0. The zero-order valence-corrected chi connectivity index (χ0v) is 16.0. The second-order valence-corrected chi connectivity index (χ2v) is 8.07. The van der Waals surface area contributed by atoms with Gasteiger partial charge < -0.3 is 10.0 Å². The molecule has 1 N–H and O–H groups in total. The number of hydrogen-bond donors (Lipinski definition) is 1. The van der Waals surface area contributed by atoms with Gasteiger partial charge in [0.2, 0.25) is 4.45 Å². The molecule has 2 atom stereocenters. The number of hydrogen-bond acceptors (Lipinski definition) is 2.